The van der Waals surface area contributed by atoms with Crippen molar-refractivity contribution in [2.75, 3.05) is 13.2 Å². The molecular weight excluding hydrogens is 876 g/mol. The number of carbonyl (C=O) groups excluding carboxylic acids is 2. The molecule has 0 amide bonds. The van der Waals surface area contributed by atoms with Crippen LogP contribution in [0.15, 0.2) is 60.8 Å². The van der Waals surface area contributed by atoms with Crippen LogP contribution in [0.3, 0.4) is 0 Å². The van der Waals surface area contributed by atoms with Crippen molar-refractivity contribution < 1.29 is 63.1 Å². The van der Waals surface area contributed by atoms with Gasteiger partial charge in [0.2, 0.25) is 0 Å². The fourth-order valence-corrected chi connectivity index (χ4v) is 8.67. The van der Waals surface area contributed by atoms with Gasteiger partial charge in [-0.05, 0) is 70.6 Å². The number of esters is 2. The number of hydrogen-bond donors (Lipinski definition) is 6. The maximum absolute atomic E-state index is 12.8. The van der Waals surface area contributed by atoms with Crippen molar-refractivity contribution in [3.8, 4) is 0 Å². The molecule has 0 aromatic rings. The molecule has 0 aliphatic heterocycles. The van der Waals surface area contributed by atoms with Gasteiger partial charge in [-0.2, -0.15) is 0 Å². The van der Waals surface area contributed by atoms with E-state index in [0.29, 0.717) is 25.7 Å². The van der Waals surface area contributed by atoms with Gasteiger partial charge in [0, 0.05) is 12.8 Å². The van der Waals surface area contributed by atoms with Crippen LogP contribution in [0.1, 0.15) is 206 Å². The minimum Gasteiger partial charge on any atom is -0.462 e. The molecule has 0 bridgehead atoms. The van der Waals surface area contributed by atoms with E-state index in [1.165, 1.54) is 109 Å². The van der Waals surface area contributed by atoms with E-state index in [-0.39, 0.29) is 12.8 Å². The lowest BCUT2D eigenvalue weighted by Gasteiger charge is -2.41. The Kier molecular flexibility index (Phi) is 39.6. The van der Waals surface area contributed by atoms with Crippen molar-refractivity contribution in [1.29, 1.82) is 0 Å². The summed E-state index contributed by atoms with van der Waals surface area (Å²) in [6.45, 7) is 3.15. The number of aliphatic hydroxyl groups is 5. The Morgan fingerprint density at radius 3 is 1.36 bits per heavy atom. The van der Waals surface area contributed by atoms with E-state index in [1.807, 2.05) is 6.08 Å². The Hall–Kier alpha value is -2.45. The Morgan fingerprint density at radius 1 is 0.478 bits per heavy atom. The van der Waals surface area contributed by atoms with E-state index in [4.69, 9.17) is 18.5 Å². The van der Waals surface area contributed by atoms with E-state index in [0.717, 1.165) is 44.9 Å². The molecule has 1 aliphatic carbocycles. The van der Waals surface area contributed by atoms with Gasteiger partial charge in [0.15, 0.2) is 6.10 Å². The monoisotopic (exact) mass is 969 g/mol. The lowest BCUT2D eigenvalue weighted by atomic mass is 9.85. The zero-order chi connectivity index (χ0) is 49.2. The molecule has 1 rings (SSSR count). The maximum atomic E-state index is 12.8. The minimum absolute atomic E-state index is 0.0374. The molecule has 13 nitrogen and oxygen atoms in total. The Morgan fingerprint density at radius 2 is 0.866 bits per heavy atom. The van der Waals surface area contributed by atoms with E-state index in [1.54, 1.807) is 0 Å². The summed E-state index contributed by atoms with van der Waals surface area (Å²) in [4.78, 5) is 35.8. The van der Waals surface area contributed by atoms with Gasteiger partial charge in [0.25, 0.3) is 0 Å². The summed E-state index contributed by atoms with van der Waals surface area (Å²) >= 11 is 0. The number of hydrogen-bond acceptors (Lipinski definition) is 12. The van der Waals surface area contributed by atoms with E-state index >= 15 is 0 Å². The summed E-state index contributed by atoms with van der Waals surface area (Å²) in [5.74, 6) is -1.18. The van der Waals surface area contributed by atoms with Crippen LogP contribution in [0.2, 0.25) is 0 Å². The number of carbonyl (C=O) groups is 2. The molecule has 0 spiro atoms. The third kappa shape index (κ3) is 34.5. The van der Waals surface area contributed by atoms with Crippen LogP contribution in [0.5, 0.6) is 0 Å². The van der Waals surface area contributed by atoms with Crippen molar-refractivity contribution >= 4 is 19.8 Å². The molecule has 0 aromatic carbocycles. The Bertz CT molecular complexity index is 1400. The van der Waals surface area contributed by atoms with Crippen LogP contribution >= 0.6 is 7.82 Å². The van der Waals surface area contributed by atoms with E-state index in [9.17, 15) is 44.6 Å². The van der Waals surface area contributed by atoms with Gasteiger partial charge in [-0.25, -0.2) is 4.57 Å². The number of rotatable bonds is 43. The molecule has 0 saturated heterocycles. The molecule has 1 saturated carbocycles. The first-order chi connectivity index (χ1) is 32.4. The molecular formula is C53H93O13P. The van der Waals surface area contributed by atoms with E-state index < -0.39 is 75.7 Å². The molecule has 1 aliphatic rings. The molecule has 8 atom stereocenters. The van der Waals surface area contributed by atoms with Gasteiger partial charge in [-0.1, -0.05) is 184 Å². The highest BCUT2D eigenvalue weighted by atomic mass is 31.2. The van der Waals surface area contributed by atoms with Crippen LogP contribution in [-0.2, 0) is 32.7 Å². The summed E-state index contributed by atoms with van der Waals surface area (Å²) in [6, 6.07) is 0. The number of unbranched alkanes of at least 4 members (excludes halogenated alkanes) is 21. The second kappa shape index (κ2) is 42.4. The van der Waals surface area contributed by atoms with Gasteiger partial charge >= 0.3 is 19.8 Å². The maximum Gasteiger partial charge on any atom is 0.472 e. The van der Waals surface area contributed by atoms with Crippen molar-refractivity contribution in [2.24, 2.45) is 0 Å². The molecule has 388 valence electrons. The lowest BCUT2D eigenvalue weighted by Crippen LogP contribution is -2.64. The Balaban J connectivity index is 2.39. The zero-order valence-corrected chi connectivity index (χ0v) is 42.3. The second-order valence-electron chi connectivity index (χ2n) is 18.0. The number of phosphoric acid groups is 1. The molecule has 0 heterocycles. The van der Waals surface area contributed by atoms with Crippen molar-refractivity contribution in [1.82, 2.24) is 0 Å². The molecule has 14 heteroatoms. The highest BCUT2D eigenvalue weighted by Crippen LogP contribution is 2.47. The van der Waals surface area contributed by atoms with E-state index in [2.05, 4.69) is 68.5 Å². The normalized spacial score (nSPS) is 21.6. The van der Waals surface area contributed by atoms with Gasteiger partial charge in [-0.15, -0.1) is 0 Å². The average molecular weight is 969 g/mol. The SMILES string of the molecule is CC/C=C/C/C=C/C/C=C/C/C=C/CCCCC(=O)O[C@@H](COC(=O)CCC/C=C/CCCCCCCCCCCCCCCCCCCC)COP(=O)(O)OC1C(O)C(O)C(O)[C@H](O)C1O. The smallest absolute Gasteiger partial charge is 0.462 e. The molecule has 1 fully saturated rings. The predicted molar refractivity (Wildman–Crippen MR) is 267 cm³/mol. The second-order valence-corrected chi connectivity index (χ2v) is 19.4. The molecule has 0 aromatic heterocycles. The van der Waals surface area contributed by atoms with Gasteiger partial charge in [0.1, 0.15) is 43.2 Å². The highest BCUT2D eigenvalue weighted by molar-refractivity contribution is 7.47. The van der Waals surface area contributed by atoms with Crippen molar-refractivity contribution in [3.63, 3.8) is 0 Å². The van der Waals surface area contributed by atoms with Crippen LogP contribution in [0.4, 0.5) is 0 Å². The third-order valence-electron chi connectivity index (χ3n) is 11.8. The zero-order valence-electron chi connectivity index (χ0n) is 41.4. The van der Waals surface area contributed by atoms with Crippen molar-refractivity contribution in [2.45, 2.75) is 249 Å². The van der Waals surface area contributed by atoms with Gasteiger partial charge in [-0.3, -0.25) is 18.6 Å². The molecule has 6 N–H and O–H groups in total. The first kappa shape index (κ1) is 62.6. The van der Waals surface area contributed by atoms with Crippen LogP contribution in [0.25, 0.3) is 0 Å². The minimum atomic E-state index is -5.14. The largest absolute Gasteiger partial charge is 0.472 e. The summed E-state index contributed by atoms with van der Waals surface area (Å²) in [5, 5.41) is 50.2. The first-order valence-electron chi connectivity index (χ1n) is 26.1. The standard InChI is InChI=1S/C53H93O13P/c1-3-5-7-9-11-13-15-17-19-20-21-22-23-24-25-26-28-29-31-33-35-37-39-41-46(54)63-43-45(44-64-67(61,62)66-53-51(59)49(57)48(56)50(58)52(53)60)65-47(55)42-40-38-36-34-32-30-27-18-16-14-12-10-8-6-4-2/h6,8,12,14,18,27,32-35,45,48-53,56-60H,3-5,7,9-11,13,15-17,19-26,28-31,36-44H2,1-2H3,(H,61,62)/b8-6+,14-12+,27-18+,34-32+,35-33+/t45-,48?,49-,50?,51?,52?,53?/m0/s1. The highest BCUT2D eigenvalue weighted by Gasteiger charge is 2.51. The van der Waals surface area contributed by atoms with Crippen LogP contribution < -0.4 is 0 Å². The fraction of sp³-hybridized carbons (Fsp3) is 0.774. The van der Waals surface area contributed by atoms with Crippen LogP contribution in [-0.4, -0.2) is 98.3 Å². The van der Waals surface area contributed by atoms with Crippen LogP contribution in [0, 0.1) is 0 Å². The van der Waals surface area contributed by atoms with Gasteiger partial charge in [0.05, 0.1) is 6.61 Å². The Labute approximate surface area is 404 Å². The fourth-order valence-electron chi connectivity index (χ4n) is 7.69. The summed E-state index contributed by atoms with van der Waals surface area (Å²) in [6.07, 6.45) is 40.1. The summed E-state index contributed by atoms with van der Waals surface area (Å²) < 4.78 is 33.5. The molecule has 0 radical (unpaired) electrons. The number of allylic oxidation sites excluding steroid dienone is 10. The number of aliphatic hydroxyl groups excluding tert-OH is 5. The number of phosphoric ester groups is 1. The predicted octanol–water partition coefficient (Wildman–Crippen LogP) is 11.3. The summed E-state index contributed by atoms with van der Waals surface area (Å²) in [7, 11) is -5.14. The molecule has 6 unspecified atom stereocenters. The average Bonchev–Trinajstić information content (AvgIpc) is 3.31. The quantitative estimate of drug-likeness (QED) is 0.0146. The lowest BCUT2D eigenvalue weighted by molar-refractivity contribution is -0.220. The first-order valence-corrected chi connectivity index (χ1v) is 27.6. The summed E-state index contributed by atoms with van der Waals surface area (Å²) in [5.41, 5.74) is 0. The third-order valence-corrected chi connectivity index (χ3v) is 12.8. The molecule has 67 heavy (non-hydrogen) atoms. The van der Waals surface area contributed by atoms with Gasteiger partial charge < -0.3 is 39.9 Å². The topological polar surface area (TPSA) is 210 Å². The number of ether oxygens (including phenoxy) is 2. The van der Waals surface area contributed by atoms with Crippen molar-refractivity contribution in [3.05, 3.63) is 60.8 Å².